The molecule has 0 bridgehead atoms. The Hall–Kier alpha value is -2.81. The average Bonchev–Trinajstić information content (AvgIpc) is 3.25. The lowest BCUT2D eigenvalue weighted by atomic mass is 9.86. The molecule has 0 radical (unpaired) electrons. The minimum Gasteiger partial charge on any atom is -0.468 e. The third-order valence-electron chi connectivity index (χ3n) is 6.86. The molecule has 0 saturated heterocycles. The fraction of sp³-hybridized carbons (Fsp3) is 0.346. The number of hydrogen-bond donors (Lipinski definition) is 0. The Morgan fingerprint density at radius 1 is 0.828 bits per heavy atom. The summed E-state index contributed by atoms with van der Waals surface area (Å²) in [7, 11) is 0. The smallest absolute Gasteiger partial charge is 0.190 e. The maximum atomic E-state index is 6.56. The molecule has 3 aliphatic rings. The second kappa shape index (κ2) is 6.91. The number of para-hydroxylation sites is 1. The van der Waals surface area contributed by atoms with Gasteiger partial charge in [0.05, 0.1) is 11.8 Å². The highest BCUT2D eigenvalue weighted by Crippen LogP contribution is 2.46. The molecule has 29 heavy (non-hydrogen) atoms. The normalized spacial score (nSPS) is 24.0. The topological polar surface area (TPSA) is 24.8 Å². The minimum atomic E-state index is 0.0631. The van der Waals surface area contributed by atoms with E-state index < -0.39 is 0 Å². The van der Waals surface area contributed by atoms with Gasteiger partial charge in [-0.3, -0.25) is 0 Å². The molecule has 2 heterocycles. The van der Waals surface area contributed by atoms with Crippen LogP contribution in [0, 0.1) is 5.92 Å². The van der Waals surface area contributed by atoms with Crippen molar-refractivity contribution >= 4 is 16.5 Å². The lowest BCUT2D eigenvalue weighted by molar-refractivity contribution is -0.0643. The molecule has 0 N–H and O–H groups in total. The molecule has 1 aliphatic carbocycles. The Morgan fingerprint density at radius 2 is 1.62 bits per heavy atom. The summed E-state index contributed by atoms with van der Waals surface area (Å²) in [6, 6.07) is 24.1. The van der Waals surface area contributed by atoms with Crippen molar-refractivity contribution in [3.8, 4) is 5.75 Å². The monoisotopic (exact) mass is 382 g/mol. The van der Waals surface area contributed by atoms with Crippen molar-refractivity contribution in [3.63, 3.8) is 0 Å². The van der Waals surface area contributed by atoms with E-state index in [0.29, 0.717) is 5.92 Å². The van der Waals surface area contributed by atoms with Gasteiger partial charge in [-0.05, 0) is 41.3 Å². The van der Waals surface area contributed by atoms with E-state index in [2.05, 4.69) is 71.7 Å². The van der Waals surface area contributed by atoms with Crippen molar-refractivity contribution in [2.24, 2.45) is 11.0 Å². The van der Waals surface area contributed by atoms with Gasteiger partial charge in [0.15, 0.2) is 6.23 Å². The first-order valence-corrected chi connectivity index (χ1v) is 11.0. The van der Waals surface area contributed by atoms with E-state index in [1.54, 1.807) is 0 Å². The van der Waals surface area contributed by atoms with E-state index >= 15 is 0 Å². The van der Waals surface area contributed by atoms with Gasteiger partial charge in [-0.1, -0.05) is 73.9 Å². The fourth-order valence-corrected chi connectivity index (χ4v) is 5.34. The zero-order valence-corrected chi connectivity index (χ0v) is 16.6. The van der Waals surface area contributed by atoms with Crippen molar-refractivity contribution in [3.05, 3.63) is 77.9 Å². The van der Waals surface area contributed by atoms with Crippen LogP contribution in [-0.4, -0.2) is 16.9 Å². The van der Waals surface area contributed by atoms with Crippen LogP contribution in [-0.2, 0) is 0 Å². The molecule has 3 aromatic carbocycles. The Morgan fingerprint density at radius 3 is 2.52 bits per heavy atom. The van der Waals surface area contributed by atoms with Gasteiger partial charge in [0, 0.05) is 17.9 Å². The van der Waals surface area contributed by atoms with Crippen LogP contribution in [0.2, 0.25) is 0 Å². The SMILES string of the molecule is c1ccc2c(c1)O[C@H](C1CCCCC1)N1N=C(c3ccc4ccccc4c3)C[C@@H]21. The van der Waals surface area contributed by atoms with Crippen LogP contribution in [0.25, 0.3) is 10.8 Å². The Kier molecular flexibility index (Phi) is 4.07. The van der Waals surface area contributed by atoms with Gasteiger partial charge < -0.3 is 4.74 Å². The number of ether oxygens (including phenoxy) is 1. The first-order chi connectivity index (χ1) is 14.4. The molecule has 1 fully saturated rings. The van der Waals surface area contributed by atoms with E-state index in [1.165, 1.54) is 59.7 Å². The third kappa shape index (κ3) is 2.91. The molecule has 2 atom stereocenters. The van der Waals surface area contributed by atoms with Crippen LogP contribution in [0.5, 0.6) is 5.75 Å². The van der Waals surface area contributed by atoms with Gasteiger partial charge in [-0.2, -0.15) is 5.10 Å². The Bertz CT molecular complexity index is 1080. The number of benzene rings is 3. The van der Waals surface area contributed by atoms with Crippen LogP contribution in [0.1, 0.15) is 55.7 Å². The van der Waals surface area contributed by atoms with Crippen LogP contribution in [0.4, 0.5) is 0 Å². The highest BCUT2D eigenvalue weighted by molar-refractivity contribution is 6.04. The van der Waals surface area contributed by atoms with Crippen molar-refractivity contribution in [1.29, 1.82) is 0 Å². The Balaban J connectivity index is 1.40. The van der Waals surface area contributed by atoms with Crippen molar-refractivity contribution < 1.29 is 4.74 Å². The number of rotatable bonds is 2. The van der Waals surface area contributed by atoms with Crippen LogP contribution in [0.15, 0.2) is 71.8 Å². The number of nitrogens with zero attached hydrogens (tertiary/aromatic N) is 2. The van der Waals surface area contributed by atoms with Gasteiger partial charge in [-0.25, -0.2) is 5.01 Å². The van der Waals surface area contributed by atoms with Crippen molar-refractivity contribution in [2.75, 3.05) is 0 Å². The van der Waals surface area contributed by atoms with Crippen LogP contribution in [0.3, 0.4) is 0 Å². The molecule has 0 spiro atoms. The minimum absolute atomic E-state index is 0.0631. The summed E-state index contributed by atoms with van der Waals surface area (Å²) >= 11 is 0. The molecule has 0 amide bonds. The molecular formula is C26H26N2O. The largest absolute Gasteiger partial charge is 0.468 e. The summed E-state index contributed by atoms with van der Waals surface area (Å²) in [5, 5.41) is 10.0. The first kappa shape index (κ1) is 17.1. The quantitative estimate of drug-likeness (QED) is 0.520. The number of fused-ring (bicyclic) bond motifs is 4. The van der Waals surface area contributed by atoms with Gasteiger partial charge in [-0.15, -0.1) is 0 Å². The molecule has 3 aromatic rings. The molecule has 2 aliphatic heterocycles. The van der Waals surface area contributed by atoms with Crippen LogP contribution < -0.4 is 4.74 Å². The predicted molar refractivity (Wildman–Crippen MR) is 117 cm³/mol. The summed E-state index contributed by atoms with van der Waals surface area (Å²) in [5.41, 5.74) is 3.69. The zero-order chi connectivity index (χ0) is 19.2. The molecule has 6 rings (SSSR count). The molecule has 0 aromatic heterocycles. The number of hydrazone groups is 1. The molecule has 3 nitrogen and oxygen atoms in total. The molecule has 0 unspecified atom stereocenters. The van der Waals surface area contributed by atoms with E-state index in [4.69, 9.17) is 9.84 Å². The zero-order valence-electron chi connectivity index (χ0n) is 16.6. The van der Waals surface area contributed by atoms with E-state index in [9.17, 15) is 0 Å². The standard InChI is InChI=1S/C26H26N2O/c1-2-9-19(10-3-1)26-28-24(22-12-6-7-13-25(22)29-26)17-23(27-28)21-15-14-18-8-4-5-11-20(18)16-21/h4-8,11-16,19,24,26H,1-3,9-10,17H2/t24-,26+/m0/s1. The lowest BCUT2D eigenvalue weighted by Gasteiger charge is -2.42. The predicted octanol–water partition coefficient (Wildman–Crippen LogP) is 6.29. The summed E-state index contributed by atoms with van der Waals surface area (Å²) < 4.78 is 6.56. The molecule has 146 valence electrons. The fourth-order valence-electron chi connectivity index (χ4n) is 5.34. The highest BCUT2D eigenvalue weighted by atomic mass is 16.5. The highest BCUT2D eigenvalue weighted by Gasteiger charge is 2.43. The van der Waals surface area contributed by atoms with Crippen LogP contribution >= 0.6 is 0 Å². The second-order valence-electron chi connectivity index (χ2n) is 8.65. The van der Waals surface area contributed by atoms with E-state index in [1.807, 2.05) is 0 Å². The summed E-state index contributed by atoms with van der Waals surface area (Å²) in [6.45, 7) is 0. The third-order valence-corrected chi connectivity index (χ3v) is 6.86. The summed E-state index contributed by atoms with van der Waals surface area (Å²) in [5.74, 6) is 1.62. The van der Waals surface area contributed by atoms with Crippen molar-refractivity contribution in [2.45, 2.75) is 50.8 Å². The second-order valence-corrected chi connectivity index (χ2v) is 8.65. The van der Waals surface area contributed by atoms with Gasteiger partial charge in [0.1, 0.15) is 5.75 Å². The van der Waals surface area contributed by atoms with Gasteiger partial charge >= 0.3 is 0 Å². The van der Waals surface area contributed by atoms with E-state index in [0.717, 1.165) is 12.2 Å². The van der Waals surface area contributed by atoms with Gasteiger partial charge in [0.2, 0.25) is 0 Å². The Labute approximate surface area is 172 Å². The maximum Gasteiger partial charge on any atom is 0.190 e. The summed E-state index contributed by atoms with van der Waals surface area (Å²) in [4.78, 5) is 0. The first-order valence-electron chi connectivity index (χ1n) is 11.0. The summed E-state index contributed by atoms with van der Waals surface area (Å²) in [6.07, 6.45) is 7.48. The lowest BCUT2D eigenvalue weighted by Crippen LogP contribution is -2.45. The van der Waals surface area contributed by atoms with Gasteiger partial charge in [0.25, 0.3) is 0 Å². The number of hydrogen-bond acceptors (Lipinski definition) is 3. The molecule has 1 saturated carbocycles. The molecule has 3 heteroatoms. The molecular weight excluding hydrogens is 356 g/mol. The maximum absolute atomic E-state index is 6.56. The average molecular weight is 383 g/mol. The van der Waals surface area contributed by atoms with E-state index in [-0.39, 0.29) is 12.3 Å². The van der Waals surface area contributed by atoms with Crippen molar-refractivity contribution in [1.82, 2.24) is 5.01 Å².